The quantitative estimate of drug-likeness (QED) is 0.785. The van der Waals surface area contributed by atoms with Crippen LogP contribution in [0.5, 0.6) is 0 Å². The molecular weight excluding hydrogens is 230 g/mol. The van der Waals surface area contributed by atoms with Crippen molar-refractivity contribution >= 4 is 17.7 Å². The van der Waals surface area contributed by atoms with Crippen LogP contribution >= 0.6 is 11.8 Å². The van der Waals surface area contributed by atoms with E-state index in [0.717, 1.165) is 17.7 Å². The zero-order valence-electron chi connectivity index (χ0n) is 10.8. The first-order valence-electron chi connectivity index (χ1n) is 6.10. The fraction of sp³-hybridized carbons (Fsp3) is 0.500. The number of benzene rings is 1. The van der Waals surface area contributed by atoms with Crippen LogP contribution in [0.4, 0.5) is 0 Å². The van der Waals surface area contributed by atoms with Gasteiger partial charge in [-0.25, -0.2) is 0 Å². The van der Waals surface area contributed by atoms with E-state index in [9.17, 15) is 4.79 Å². The topological polar surface area (TPSA) is 29.1 Å². The van der Waals surface area contributed by atoms with Gasteiger partial charge in [-0.05, 0) is 32.4 Å². The maximum Gasteiger partial charge on any atom is 0.230 e. The van der Waals surface area contributed by atoms with Crippen LogP contribution in [0, 0.1) is 6.92 Å². The number of carbonyl (C=O) groups excluding carboxylic acids is 1. The van der Waals surface area contributed by atoms with Gasteiger partial charge in [0.1, 0.15) is 0 Å². The number of thioether (sulfide) groups is 1. The predicted octanol–water partition coefficient (Wildman–Crippen LogP) is 3.39. The summed E-state index contributed by atoms with van der Waals surface area (Å²) >= 11 is 1.59. The second-order valence-corrected chi connectivity index (χ2v) is 5.41. The number of hydrogen-bond acceptors (Lipinski definition) is 2. The smallest absolute Gasteiger partial charge is 0.230 e. The van der Waals surface area contributed by atoms with Gasteiger partial charge in [0.25, 0.3) is 0 Å². The molecule has 1 amide bonds. The fourth-order valence-electron chi connectivity index (χ4n) is 1.61. The van der Waals surface area contributed by atoms with Crippen molar-refractivity contribution in [1.29, 1.82) is 0 Å². The zero-order chi connectivity index (χ0) is 12.7. The Morgan fingerprint density at radius 2 is 2.00 bits per heavy atom. The third-order valence-corrected chi connectivity index (χ3v) is 3.53. The van der Waals surface area contributed by atoms with Gasteiger partial charge < -0.3 is 5.32 Å². The van der Waals surface area contributed by atoms with Crippen LogP contribution in [0.2, 0.25) is 0 Å². The first-order chi connectivity index (χ1) is 8.11. The van der Waals surface area contributed by atoms with E-state index in [2.05, 4.69) is 50.4 Å². The Kier molecular flexibility index (Phi) is 6.12. The highest BCUT2D eigenvalue weighted by atomic mass is 32.2. The number of carbonyl (C=O) groups is 1. The van der Waals surface area contributed by atoms with Gasteiger partial charge in [0, 0.05) is 10.9 Å². The summed E-state index contributed by atoms with van der Waals surface area (Å²) in [6.45, 7) is 6.25. The van der Waals surface area contributed by atoms with Gasteiger partial charge in [-0.3, -0.25) is 4.79 Å². The van der Waals surface area contributed by atoms with Gasteiger partial charge in [-0.2, -0.15) is 0 Å². The minimum absolute atomic E-state index is 0.122. The molecule has 1 atom stereocenters. The molecule has 1 N–H and O–H groups in total. The van der Waals surface area contributed by atoms with E-state index in [-0.39, 0.29) is 11.9 Å². The van der Waals surface area contributed by atoms with Crippen molar-refractivity contribution in [3.8, 4) is 0 Å². The lowest BCUT2D eigenvalue weighted by atomic mass is 10.2. The molecular formula is C14H21NOS. The van der Waals surface area contributed by atoms with E-state index in [0.29, 0.717) is 5.75 Å². The highest BCUT2D eigenvalue weighted by molar-refractivity contribution is 8.00. The van der Waals surface area contributed by atoms with E-state index in [4.69, 9.17) is 0 Å². The summed E-state index contributed by atoms with van der Waals surface area (Å²) in [5.74, 6) is 0.619. The highest BCUT2D eigenvalue weighted by Gasteiger charge is 2.06. The first kappa shape index (κ1) is 14.1. The Hall–Kier alpha value is -0.960. The largest absolute Gasteiger partial charge is 0.353 e. The molecule has 1 aromatic carbocycles. The van der Waals surface area contributed by atoms with Gasteiger partial charge in [-0.1, -0.05) is 31.0 Å². The highest BCUT2D eigenvalue weighted by Crippen LogP contribution is 2.17. The zero-order valence-corrected chi connectivity index (χ0v) is 11.6. The molecule has 1 aromatic rings. The molecule has 1 rings (SSSR count). The van der Waals surface area contributed by atoms with Gasteiger partial charge in [-0.15, -0.1) is 11.8 Å². The molecule has 1 unspecified atom stereocenters. The third kappa shape index (κ3) is 5.78. The van der Waals surface area contributed by atoms with Crippen LogP contribution < -0.4 is 5.32 Å². The van der Waals surface area contributed by atoms with E-state index in [1.165, 1.54) is 5.56 Å². The number of rotatable bonds is 6. The summed E-state index contributed by atoms with van der Waals surface area (Å²) < 4.78 is 0. The molecule has 0 bridgehead atoms. The Morgan fingerprint density at radius 3 is 2.59 bits per heavy atom. The predicted molar refractivity (Wildman–Crippen MR) is 74.4 cm³/mol. The van der Waals surface area contributed by atoms with E-state index in [1.54, 1.807) is 11.8 Å². The summed E-state index contributed by atoms with van der Waals surface area (Å²) in [5, 5.41) is 3.00. The van der Waals surface area contributed by atoms with Crippen molar-refractivity contribution in [3.63, 3.8) is 0 Å². The van der Waals surface area contributed by atoms with Crippen molar-refractivity contribution in [2.75, 3.05) is 5.75 Å². The first-order valence-corrected chi connectivity index (χ1v) is 7.09. The number of amides is 1. The normalized spacial score (nSPS) is 12.2. The molecule has 0 fully saturated rings. The van der Waals surface area contributed by atoms with Crippen LogP contribution in [0.25, 0.3) is 0 Å². The average Bonchev–Trinajstić information content (AvgIpc) is 2.28. The maximum absolute atomic E-state index is 11.6. The molecule has 0 saturated heterocycles. The van der Waals surface area contributed by atoms with Gasteiger partial charge in [0.15, 0.2) is 0 Å². The second-order valence-electron chi connectivity index (χ2n) is 4.36. The minimum Gasteiger partial charge on any atom is -0.353 e. The molecule has 0 aromatic heterocycles. The molecule has 0 spiro atoms. The summed E-state index contributed by atoms with van der Waals surface area (Å²) in [5.41, 5.74) is 1.25. The monoisotopic (exact) mass is 251 g/mol. The van der Waals surface area contributed by atoms with Crippen LogP contribution in [0.1, 0.15) is 32.3 Å². The van der Waals surface area contributed by atoms with Gasteiger partial charge in [0.05, 0.1) is 5.75 Å². The molecule has 0 aliphatic heterocycles. The Balaban J connectivity index is 2.30. The molecule has 94 valence electrons. The summed E-state index contributed by atoms with van der Waals surface area (Å²) in [4.78, 5) is 12.8. The Bertz CT molecular complexity index is 348. The lowest BCUT2D eigenvalue weighted by Gasteiger charge is -2.12. The summed E-state index contributed by atoms with van der Waals surface area (Å²) in [6, 6.07) is 8.54. The second kappa shape index (κ2) is 7.38. The van der Waals surface area contributed by atoms with Crippen LogP contribution in [-0.4, -0.2) is 17.7 Å². The third-order valence-electron chi connectivity index (χ3n) is 2.52. The molecule has 0 heterocycles. The number of aryl methyl sites for hydroxylation is 1. The maximum atomic E-state index is 11.6. The minimum atomic E-state index is 0.122. The fourth-order valence-corrected chi connectivity index (χ4v) is 2.31. The van der Waals surface area contributed by atoms with Crippen molar-refractivity contribution in [2.45, 2.75) is 44.6 Å². The molecule has 2 nitrogen and oxygen atoms in total. The summed E-state index contributed by atoms with van der Waals surface area (Å²) in [7, 11) is 0. The molecule has 0 aliphatic carbocycles. The summed E-state index contributed by atoms with van der Waals surface area (Å²) in [6.07, 6.45) is 2.15. The molecule has 0 aliphatic rings. The number of hydrogen-bond donors (Lipinski definition) is 1. The molecule has 3 heteroatoms. The average molecular weight is 251 g/mol. The Morgan fingerprint density at radius 1 is 1.35 bits per heavy atom. The van der Waals surface area contributed by atoms with Crippen molar-refractivity contribution in [3.05, 3.63) is 29.8 Å². The van der Waals surface area contributed by atoms with Gasteiger partial charge >= 0.3 is 0 Å². The van der Waals surface area contributed by atoms with Crippen LogP contribution in [-0.2, 0) is 4.79 Å². The lowest BCUT2D eigenvalue weighted by molar-refractivity contribution is -0.119. The van der Waals surface area contributed by atoms with Crippen molar-refractivity contribution < 1.29 is 4.79 Å². The van der Waals surface area contributed by atoms with E-state index < -0.39 is 0 Å². The Labute approximate surface area is 108 Å². The molecule has 0 saturated carbocycles. The van der Waals surface area contributed by atoms with E-state index in [1.807, 2.05) is 0 Å². The SMILES string of the molecule is CCCC(C)NC(=O)CSc1ccc(C)cc1. The van der Waals surface area contributed by atoms with Gasteiger partial charge in [0.2, 0.25) is 5.91 Å². The lowest BCUT2D eigenvalue weighted by Crippen LogP contribution is -2.33. The van der Waals surface area contributed by atoms with Crippen molar-refractivity contribution in [1.82, 2.24) is 5.32 Å². The van der Waals surface area contributed by atoms with Crippen LogP contribution in [0.3, 0.4) is 0 Å². The van der Waals surface area contributed by atoms with Crippen LogP contribution in [0.15, 0.2) is 29.2 Å². The number of nitrogens with one attached hydrogen (secondary N) is 1. The standard InChI is InChI=1S/C14H21NOS/c1-4-5-12(3)15-14(16)10-17-13-8-6-11(2)7-9-13/h6-9,12H,4-5,10H2,1-3H3,(H,15,16). The van der Waals surface area contributed by atoms with E-state index >= 15 is 0 Å². The molecule has 0 radical (unpaired) electrons. The van der Waals surface area contributed by atoms with Crippen molar-refractivity contribution in [2.24, 2.45) is 0 Å². The molecule has 17 heavy (non-hydrogen) atoms.